The smallest absolute Gasteiger partial charge is 0.257 e. The summed E-state index contributed by atoms with van der Waals surface area (Å²) >= 11 is 1.65. The number of carbonyl (C=O) groups is 2. The molecule has 0 bridgehead atoms. The zero-order chi connectivity index (χ0) is 24.1. The molecule has 0 radical (unpaired) electrons. The van der Waals surface area contributed by atoms with Crippen LogP contribution in [0.1, 0.15) is 36.0 Å². The predicted octanol–water partition coefficient (Wildman–Crippen LogP) is 4.11. The van der Waals surface area contributed by atoms with Gasteiger partial charge in [0, 0.05) is 23.8 Å². The van der Waals surface area contributed by atoms with Crippen molar-refractivity contribution in [1.29, 1.82) is 0 Å². The number of thioether (sulfide) groups is 1. The number of hydrogen-bond donors (Lipinski definition) is 2. The van der Waals surface area contributed by atoms with Gasteiger partial charge in [-0.05, 0) is 68.0 Å². The number of amides is 2. The van der Waals surface area contributed by atoms with Crippen LogP contribution in [0.3, 0.4) is 0 Å². The van der Waals surface area contributed by atoms with Gasteiger partial charge in [0.25, 0.3) is 5.91 Å². The number of ether oxygens (including phenoxy) is 2. The van der Waals surface area contributed by atoms with E-state index >= 15 is 0 Å². The lowest BCUT2D eigenvalue weighted by Gasteiger charge is -2.39. The fraction of sp³-hybridized carbons (Fsp3) is 0.407. The molecule has 6 nitrogen and oxygen atoms in total. The molecule has 2 aliphatic rings. The van der Waals surface area contributed by atoms with Gasteiger partial charge in [-0.15, -0.1) is 11.8 Å². The number of rotatable bonds is 7. The fourth-order valence-corrected chi connectivity index (χ4v) is 5.98. The second kappa shape index (κ2) is 11.0. The fourth-order valence-electron chi connectivity index (χ4n) is 4.68. The average molecular weight is 481 g/mol. The molecule has 1 aliphatic carbocycles. The molecular formula is C27H32N2O4S. The lowest BCUT2D eigenvalue weighted by atomic mass is 9.84. The first-order valence-electron chi connectivity index (χ1n) is 11.7. The maximum absolute atomic E-state index is 12.9. The quantitative estimate of drug-likeness (QED) is 0.583. The van der Waals surface area contributed by atoms with Crippen molar-refractivity contribution in [2.45, 2.75) is 43.9 Å². The van der Waals surface area contributed by atoms with E-state index in [-0.39, 0.29) is 23.8 Å². The van der Waals surface area contributed by atoms with Crippen molar-refractivity contribution in [3.8, 4) is 11.5 Å². The number of hydrogen-bond acceptors (Lipinski definition) is 5. The van der Waals surface area contributed by atoms with Crippen molar-refractivity contribution in [2.24, 2.45) is 5.92 Å². The maximum atomic E-state index is 12.9. The van der Waals surface area contributed by atoms with Gasteiger partial charge in [0.2, 0.25) is 5.91 Å². The third-order valence-corrected chi connectivity index (χ3v) is 7.92. The van der Waals surface area contributed by atoms with E-state index in [1.54, 1.807) is 26.0 Å². The van der Waals surface area contributed by atoms with Crippen LogP contribution in [0.4, 0.5) is 0 Å². The second-order valence-corrected chi connectivity index (χ2v) is 10.2. The minimum atomic E-state index is -0.0864. The first kappa shape index (κ1) is 24.2. The van der Waals surface area contributed by atoms with Crippen LogP contribution in [-0.2, 0) is 16.0 Å². The predicted molar refractivity (Wildman–Crippen MR) is 136 cm³/mol. The normalized spacial score (nSPS) is 23.1. The number of methoxy groups -OCH3 is 2. The standard InChI is InChI=1S/C27H32N2O4S/c1-17-5-4-6-18(13-17)14-25-27(31)29-22-16-20(7-10-24(22)34-25)26(30)28-12-11-19-15-21(32-2)8-9-23(19)33-3/h4-6,8-9,13-15,20,22,24H,7,10-12,16H2,1-3H3,(H,28,30)(H,29,31)/b25-14+. The first-order valence-corrected chi connectivity index (χ1v) is 12.6. The lowest BCUT2D eigenvalue weighted by Crippen LogP contribution is -2.51. The van der Waals surface area contributed by atoms with E-state index in [0.717, 1.165) is 40.4 Å². The Hall–Kier alpha value is -2.93. The van der Waals surface area contributed by atoms with Crippen molar-refractivity contribution in [2.75, 3.05) is 20.8 Å². The van der Waals surface area contributed by atoms with Crippen LogP contribution >= 0.6 is 11.8 Å². The molecule has 4 rings (SSSR count). The van der Waals surface area contributed by atoms with E-state index in [0.29, 0.717) is 24.6 Å². The van der Waals surface area contributed by atoms with Gasteiger partial charge in [0.15, 0.2) is 0 Å². The Kier molecular flexibility index (Phi) is 7.83. The number of carbonyl (C=O) groups excluding carboxylic acids is 2. The maximum Gasteiger partial charge on any atom is 0.257 e. The summed E-state index contributed by atoms with van der Waals surface area (Å²) < 4.78 is 10.7. The summed E-state index contributed by atoms with van der Waals surface area (Å²) in [7, 11) is 3.27. The van der Waals surface area contributed by atoms with E-state index in [1.165, 1.54) is 5.56 Å². The monoisotopic (exact) mass is 480 g/mol. The van der Waals surface area contributed by atoms with E-state index in [9.17, 15) is 9.59 Å². The summed E-state index contributed by atoms with van der Waals surface area (Å²) in [6.45, 7) is 2.57. The average Bonchev–Trinajstić information content (AvgIpc) is 2.84. The molecule has 3 atom stereocenters. The molecule has 1 saturated carbocycles. The van der Waals surface area contributed by atoms with Crippen LogP contribution in [-0.4, -0.2) is 43.9 Å². The van der Waals surface area contributed by atoms with Crippen LogP contribution in [0.2, 0.25) is 0 Å². The van der Waals surface area contributed by atoms with Gasteiger partial charge in [-0.25, -0.2) is 0 Å². The first-order chi connectivity index (χ1) is 16.5. The molecule has 2 N–H and O–H groups in total. The summed E-state index contributed by atoms with van der Waals surface area (Å²) in [5.74, 6) is 1.48. The number of fused-ring (bicyclic) bond motifs is 1. The number of nitrogens with one attached hydrogen (secondary N) is 2. The van der Waals surface area contributed by atoms with Crippen molar-refractivity contribution in [3.05, 3.63) is 64.1 Å². The molecule has 2 aromatic rings. The van der Waals surface area contributed by atoms with Crippen LogP contribution in [0.25, 0.3) is 6.08 Å². The Labute approximate surface area is 205 Å². The summed E-state index contributed by atoms with van der Waals surface area (Å²) in [6.07, 6.45) is 5.04. The zero-order valence-electron chi connectivity index (χ0n) is 19.9. The minimum absolute atomic E-state index is 0.0233. The van der Waals surface area contributed by atoms with Crippen molar-refractivity contribution in [1.82, 2.24) is 10.6 Å². The second-order valence-electron chi connectivity index (χ2n) is 8.89. The minimum Gasteiger partial charge on any atom is -0.497 e. The van der Waals surface area contributed by atoms with Crippen LogP contribution in [0.15, 0.2) is 47.4 Å². The molecule has 34 heavy (non-hydrogen) atoms. The highest BCUT2D eigenvalue weighted by Crippen LogP contribution is 2.40. The summed E-state index contributed by atoms with van der Waals surface area (Å²) in [5, 5.41) is 6.54. The Balaban J connectivity index is 1.31. The molecular weight excluding hydrogens is 448 g/mol. The van der Waals surface area contributed by atoms with E-state index in [2.05, 4.69) is 16.7 Å². The molecule has 180 valence electrons. The number of benzene rings is 2. The van der Waals surface area contributed by atoms with Crippen molar-refractivity contribution in [3.63, 3.8) is 0 Å². The summed E-state index contributed by atoms with van der Waals surface area (Å²) in [5.41, 5.74) is 3.20. The third kappa shape index (κ3) is 5.76. The molecule has 0 spiro atoms. The third-order valence-electron chi connectivity index (χ3n) is 6.50. The molecule has 1 aliphatic heterocycles. The topological polar surface area (TPSA) is 76.7 Å². The Morgan fingerprint density at radius 1 is 1.18 bits per heavy atom. The van der Waals surface area contributed by atoms with Crippen LogP contribution < -0.4 is 20.1 Å². The van der Waals surface area contributed by atoms with Crippen LogP contribution in [0, 0.1) is 12.8 Å². The van der Waals surface area contributed by atoms with Gasteiger partial charge < -0.3 is 20.1 Å². The molecule has 3 unspecified atom stereocenters. The van der Waals surface area contributed by atoms with Gasteiger partial charge in [-0.1, -0.05) is 29.8 Å². The van der Waals surface area contributed by atoms with E-state index < -0.39 is 0 Å². The van der Waals surface area contributed by atoms with E-state index in [1.807, 2.05) is 49.4 Å². The molecule has 7 heteroatoms. The zero-order valence-corrected chi connectivity index (χ0v) is 20.7. The van der Waals surface area contributed by atoms with Crippen LogP contribution in [0.5, 0.6) is 11.5 Å². The molecule has 2 fully saturated rings. The molecule has 2 amide bonds. The Bertz CT molecular complexity index is 1080. The lowest BCUT2D eigenvalue weighted by molar-refractivity contribution is -0.127. The van der Waals surface area contributed by atoms with Gasteiger partial charge in [-0.3, -0.25) is 9.59 Å². The highest BCUT2D eigenvalue weighted by Gasteiger charge is 2.39. The molecule has 1 heterocycles. The molecule has 1 saturated heterocycles. The van der Waals surface area contributed by atoms with Gasteiger partial charge in [0.05, 0.1) is 19.1 Å². The van der Waals surface area contributed by atoms with E-state index in [4.69, 9.17) is 9.47 Å². The van der Waals surface area contributed by atoms with Crippen molar-refractivity contribution < 1.29 is 19.1 Å². The van der Waals surface area contributed by atoms with Gasteiger partial charge >= 0.3 is 0 Å². The SMILES string of the molecule is COc1ccc(OC)c(CCNC(=O)C2CCC3S/C(=C/c4cccc(C)c4)C(=O)NC3C2)c1. The number of aryl methyl sites for hydroxylation is 1. The van der Waals surface area contributed by atoms with Gasteiger partial charge in [0.1, 0.15) is 11.5 Å². The summed E-state index contributed by atoms with van der Waals surface area (Å²) in [4.78, 5) is 26.3. The highest BCUT2D eigenvalue weighted by atomic mass is 32.2. The molecule has 2 aromatic carbocycles. The molecule has 0 aromatic heterocycles. The Morgan fingerprint density at radius 2 is 2.03 bits per heavy atom. The van der Waals surface area contributed by atoms with Crippen molar-refractivity contribution >= 4 is 29.7 Å². The summed E-state index contributed by atoms with van der Waals surface area (Å²) in [6, 6.07) is 13.8. The largest absolute Gasteiger partial charge is 0.497 e. The van der Waals surface area contributed by atoms with Gasteiger partial charge in [-0.2, -0.15) is 0 Å². The highest BCUT2D eigenvalue weighted by molar-refractivity contribution is 8.04. The Morgan fingerprint density at radius 3 is 2.79 bits per heavy atom.